The minimum atomic E-state index is -3.56. The zero-order chi connectivity index (χ0) is 13.9. The number of amides is 2. The van der Waals surface area contributed by atoms with Gasteiger partial charge in [0.2, 0.25) is 21.8 Å². The van der Waals surface area contributed by atoms with E-state index >= 15 is 0 Å². The standard InChI is InChI=1S/C10H17ClN2O4S/c1-7(5-11)6-18(16,17)12-8-3-4-9(14)13(2)10(8)15/h7-8,12H,3-6H2,1-2H3. The Morgan fingerprint density at radius 1 is 1.50 bits per heavy atom. The molecule has 104 valence electrons. The van der Waals surface area contributed by atoms with Crippen LogP contribution in [0.1, 0.15) is 19.8 Å². The van der Waals surface area contributed by atoms with Crippen LogP contribution in [0.5, 0.6) is 0 Å². The molecule has 18 heavy (non-hydrogen) atoms. The molecular formula is C10H17ClN2O4S. The fourth-order valence-electron chi connectivity index (χ4n) is 1.71. The van der Waals surface area contributed by atoms with Crippen molar-refractivity contribution in [3.63, 3.8) is 0 Å². The van der Waals surface area contributed by atoms with Gasteiger partial charge in [0.1, 0.15) is 6.04 Å². The van der Waals surface area contributed by atoms with Gasteiger partial charge in [0.25, 0.3) is 0 Å². The summed E-state index contributed by atoms with van der Waals surface area (Å²) in [6, 6.07) is -0.847. The quantitative estimate of drug-likeness (QED) is 0.568. The highest BCUT2D eigenvalue weighted by Crippen LogP contribution is 2.13. The lowest BCUT2D eigenvalue weighted by atomic mass is 10.1. The van der Waals surface area contributed by atoms with E-state index in [4.69, 9.17) is 11.6 Å². The van der Waals surface area contributed by atoms with Gasteiger partial charge in [-0.2, -0.15) is 0 Å². The molecule has 1 heterocycles. The van der Waals surface area contributed by atoms with Crippen LogP contribution < -0.4 is 4.72 Å². The number of nitrogens with one attached hydrogen (secondary N) is 1. The third-order valence-electron chi connectivity index (χ3n) is 2.74. The van der Waals surface area contributed by atoms with Gasteiger partial charge >= 0.3 is 0 Å². The van der Waals surface area contributed by atoms with Gasteiger partial charge in [-0.25, -0.2) is 13.1 Å². The molecule has 0 aromatic heterocycles. The Balaban J connectivity index is 2.67. The number of rotatable bonds is 5. The second kappa shape index (κ2) is 5.99. The van der Waals surface area contributed by atoms with Crippen LogP contribution in [0.3, 0.4) is 0 Å². The first-order valence-corrected chi connectivity index (χ1v) is 7.82. The van der Waals surface area contributed by atoms with Gasteiger partial charge in [-0.15, -0.1) is 11.6 Å². The minimum absolute atomic E-state index is 0.127. The molecule has 8 heteroatoms. The predicted molar refractivity (Wildman–Crippen MR) is 67.6 cm³/mol. The van der Waals surface area contributed by atoms with Crippen molar-refractivity contribution in [2.75, 3.05) is 18.7 Å². The molecule has 0 bridgehead atoms. The summed E-state index contributed by atoms with van der Waals surface area (Å²) in [4.78, 5) is 23.9. The molecule has 0 aliphatic carbocycles. The Kier molecular flexibility index (Phi) is 5.12. The number of hydrogen-bond acceptors (Lipinski definition) is 4. The van der Waals surface area contributed by atoms with Crippen LogP contribution in [0.4, 0.5) is 0 Å². The summed E-state index contributed by atoms with van der Waals surface area (Å²) in [5.74, 6) is -0.879. The van der Waals surface area contributed by atoms with Gasteiger partial charge in [-0.05, 0) is 12.3 Å². The minimum Gasteiger partial charge on any atom is -0.284 e. The number of carbonyl (C=O) groups is 2. The third-order valence-corrected chi connectivity index (χ3v) is 4.92. The van der Waals surface area contributed by atoms with Crippen LogP contribution in [-0.4, -0.2) is 49.9 Å². The molecule has 1 rings (SSSR count). The van der Waals surface area contributed by atoms with Crippen molar-refractivity contribution in [3.05, 3.63) is 0 Å². The van der Waals surface area contributed by atoms with Crippen molar-refractivity contribution in [3.8, 4) is 0 Å². The van der Waals surface area contributed by atoms with Crippen molar-refractivity contribution < 1.29 is 18.0 Å². The molecule has 2 amide bonds. The smallest absolute Gasteiger partial charge is 0.247 e. The van der Waals surface area contributed by atoms with Crippen LogP contribution in [-0.2, 0) is 19.6 Å². The summed E-state index contributed by atoms with van der Waals surface area (Å²) in [6.07, 6.45) is 0.372. The number of alkyl halides is 1. The maximum absolute atomic E-state index is 11.8. The monoisotopic (exact) mass is 296 g/mol. The van der Waals surface area contributed by atoms with Crippen LogP contribution >= 0.6 is 11.6 Å². The molecule has 2 unspecified atom stereocenters. The second-order valence-corrected chi connectivity index (χ2v) is 6.65. The lowest BCUT2D eigenvalue weighted by Crippen LogP contribution is -2.53. The number of nitrogens with zero attached hydrogens (tertiary/aromatic N) is 1. The van der Waals surface area contributed by atoms with Crippen LogP contribution in [0.15, 0.2) is 0 Å². The molecular weight excluding hydrogens is 280 g/mol. The number of sulfonamides is 1. The van der Waals surface area contributed by atoms with Gasteiger partial charge in [-0.1, -0.05) is 6.92 Å². The highest BCUT2D eigenvalue weighted by atomic mass is 35.5. The summed E-state index contributed by atoms with van der Waals surface area (Å²) < 4.78 is 25.9. The molecule has 2 atom stereocenters. The van der Waals surface area contributed by atoms with Gasteiger partial charge in [-0.3, -0.25) is 14.5 Å². The van der Waals surface area contributed by atoms with Crippen LogP contribution in [0.2, 0.25) is 0 Å². The zero-order valence-corrected chi connectivity index (χ0v) is 11.9. The molecule has 0 aromatic rings. The summed E-state index contributed by atoms with van der Waals surface area (Å²) in [5.41, 5.74) is 0. The van der Waals surface area contributed by atoms with E-state index < -0.39 is 22.0 Å². The normalized spacial score (nSPS) is 23.3. The average Bonchev–Trinajstić information content (AvgIpc) is 2.29. The zero-order valence-electron chi connectivity index (χ0n) is 10.3. The van der Waals surface area contributed by atoms with E-state index in [9.17, 15) is 18.0 Å². The molecule has 0 spiro atoms. The van der Waals surface area contributed by atoms with Crippen LogP contribution in [0, 0.1) is 5.92 Å². The average molecular weight is 297 g/mol. The van der Waals surface area contributed by atoms with E-state index in [1.165, 1.54) is 7.05 Å². The Labute approximate surface area is 112 Å². The van der Waals surface area contributed by atoms with E-state index in [-0.39, 0.29) is 36.3 Å². The third kappa shape index (κ3) is 3.93. The first-order valence-electron chi connectivity index (χ1n) is 5.63. The molecule has 1 fully saturated rings. The molecule has 6 nitrogen and oxygen atoms in total. The molecule has 1 aliphatic rings. The second-order valence-electron chi connectivity index (χ2n) is 4.54. The van der Waals surface area contributed by atoms with Crippen molar-refractivity contribution in [2.24, 2.45) is 5.92 Å². The first-order chi connectivity index (χ1) is 8.26. The van der Waals surface area contributed by atoms with Gasteiger partial charge in [0, 0.05) is 19.3 Å². The highest BCUT2D eigenvalue weighted by Gasteiger charge is 2.34. The number of halogens is 1. The lowest BCUT2D eigenvalue weighted by Gasteiger charge is -2.28. The fourth-order valence-corrected chi connectivity index (χ4v) is 3.56. The Morgan fingerprint density at radius 2 is 2.11 bits per heavy atom. The van der Waals surface area contributed by atoms with Crippen molar-refractivity contribution in [1.29, 1.82) is 0 Å². The summed E-state index contributed by atoms with van der Waals surface area (Å²) in [6.45, 7) is 1.71. The van der Waals surface area contributed by atoms with Crippen molar-refractivity contribution in [1.82, 2.24) is 9.62 Å². The summed E-state index contributed by atoms with van der Waals surface area (Å²) in [7, 11) is -2.21. The van der Waals surface area contributed by atoms with E-state index in [1.54, 1.807) is 6.92 Å². The largest absolute Gasteiger partial charge is 0.284 e. The predicted octanol–water partition coefficient (Wildman–Crippen LogP) is -0.0719. The lowest BCUT2D eigenvalue weighted by molar-refractivity contribution is -0.147. The highest BCUT2D eigenvalue weighted by molar-refractivity contribution is 7.89. The Hall–Kier alpha value is -0.660. The van der Waals surface area contributed by atoms with Crippen molar-refractivity contribution in [2.45, 2.75) is 25.8 Å². The maximum atomic E-state index is 11.8. The summed E-state index contributed by atoms with van der Waals surface area (Å²) in [5, 5.41) is 0. The molecule has 0 radical (unpaired) electrons. The molecule has 0 aromatic carbocycles. The number of likely N-dealkylation sites (N-methyl/N-ethyl adjacent to an activating group) is 1. The van der Waals surface area contributed by atoms with Gasteiger partial charge in [0.05, 0.1) is 5.75 Å². The summed E-state index contributed by atoms with van der Waals surface area (Å²) >= 11 is 5.56. The van der Waals surface area contributed by atoms with E-state index in [0.717, 1.165) is 4.90 Å². The first kappa shape index (κ1) is 15.4. The van der Waals surface area contributed by atoms with E-state index in [1.807, 2.05) is 0 Å². The van der Waals surface area contributed by atoms with Gasteiger partial charge < -0.3 is 0 Å². The SMILES string of the molecule is CC(CCl)CS(=O)(=O)NC1CCC(=O)N(C)C1=O. The fraction of sp³-hybridized carbons (Fsp3) is 0.800. The van der Waals surface area contributed by atoms with E-state index in [2.05, 4.69) is 4.72 Å². The molecule has 1 N–H and O–H groups in total. The number of hydrogen-bond donors (Lipinski definition) is 1. The molecule has 1 aliphatic heterocycles. The number of piperidine rings is 1. The maximum Gasteiger partial charge on any atom is 0.247 e. The number of likely N-dealkylation sites (tertiary alicyclic amines) is 1. The van der Waals surface area contributed by atoms with Crippen molar-refractivity contribution >= 4 is 33.4 Å². The Bertz CT molecular complexity index is 437. The van der Waals surface area contributed by atoms with Gasteiger partial charge in [0.15, 0.2) is 0 Å². The topological polar surface area (TPSA) is 83.6 Å². The molecule has 0 saturated carbocycles. The number of imide groups is 1. The Morgan fingerprint density at radius 3 is 2.67 bits per heavy atom. The molecule has 1 saturated heterocycles. The van der Waals surface area contributed by atoms with E-state index in [0.29, 0.717) is 0 Å². The number of carbonyl (C=O) groups excluding carboxylic acids is 2. The van der Waals surface area contributed by atoms with Crippen LogP contribution in [0.25, 0.3) is 0 Å².